The number of piperidine rings is 1. The second-order valence-corrected chi connectivity index (χ2v) is 5.45. The van der Waals surface area contributed by atoms with Gasteiger partial charge >= 0.3 is 0 Å². The van der Waals surface area contributed by atoms with Crippen molar-refractivity contribution in [2.75, 3.05) is 13.1 Å². The Balaban J connectivity index is 1.63. The van der Waals surface area contributed by atoms with Crippen molar-refractivity contribution in [2.45, 2.75) is 19.3 Å². The van der Waals surface area contributed by atoms with E-state index >= 15 is 0 Å². The summed E-state index contributed by atoms with van der Waals surface area (Å²) >= 11 is 0. The minimum Gasteiger partial charge on any atom is -0.337 e. The van der Waals surface area contributed by atoms with E-state index in [9.17, 15) is 9.18 Å². The zero-order valence-corrected chi connectivity index (χ0v) is 11.6. The number of nitrogens with one attached hydrogen (secondary N) is 1. The maximum Gasteiger partial charge on any atom is 0.276 e. The number of aromatic amines is 1. The fourth-order valence-corrected chi connectivity index (χ4v) is 2.84. The Hall–Kier alpha value is -2.24. The van der Waals surface area contributed by atoms with Crippen LogP contribution in [0.3, 0.4) is 0 Å². The summed E-state index contributed by atoms with van der Waals surface area (Å²) in [6, 6.07) is 6.59. The molecule has 1 fully saturated rings. The molecular weight excluding hydrogens is 271 g/mol. The van der Waals surface area contributed by atoms with Crippen LogP contribution < -0.4 is 0 Å². The predicted octanol–water partition coefficient (Wildman–Crippen LogP) is 2.04. The number of benzene rings is 1. The predicted molar refractivity (Wildman–Crippen MR) is 75.1 cm³/mol. The van der Waals surface area contributed by atoms with Crippen LogP contribution >= 0.6 is 0 Å². The average Bonchev–Trinajstić information content (AvgIpc) is 3.03. The molecule has 21 heavy (non-hydrogen) atoms. The average molecular weight is 288 g/mol. The molecule has 0 aliphatic carbocycles. The second kappa shape index (κ2) is 6.03. The normalized spacial score (nSPS) is 18.7. The van der Waals surface area contributed by atoms with E-state index in [2.05, 4.69) is 15.4 Å². The smallest absolute Gasteiger partial charge is 0.276 e. The SMILES string of the molecule is O=C(c1cn[nH]n1)N1CCCC(Cc2ccc(F)cc2)C1. The first-order valence-electron chi connectivity index (χ1n) is 7.12. The van der Waals surface area contributed by atoms with E-state index < -0.39 is 0 Å². The first-order chi connectivity index (χ1) is 10.2. The number of aromatic nitrogens is 3. The van der Waals surface area contributed by atoms with Gasteiger partial charge in [-0.1, -0.05) is 12.1 Å². The molecule has 0 spiro atoms. The van der Waals surface area contributed by atoms with Crippen LogP contribution in [0.2, 0.25) is 0 Å². The standard InChI is InChI=1S/C15H17FN4O/c16-13-5-3-11(4-6-13)8-12-2-1-7-20(10-12)15(21)14-9-17-19-18-14/h3-6,9,12H,1-2,7-8,10H2,(H,17,18,19). The molecule has 1 atom stereocenters. The highest BCUT2D eigenvalue weighted by atomic mass is 19.1. The van der Waals surface area contributed by atoms with Gasteiger partial charge in [-0.05, 0) is 42.9 Å². The minimum absolute atomic E-state index is 0.0763. The van der Waals surface area contributed by atoms with Crippen molar-refractivity contribution in [3.05, 3.63) is 47.5 Å². The molecule has 1 saturated heterocycles. The van der Waals surface area contributed by atoms with Crippen LogP contribution in [0.15, 0.2) is 30.5 Å². The molecule has 0 bridgehead atoms. The Labute approximate surface area is 122 Å². The van der Waals surface area contributed by atoms with Gasteiger partial charge in [0.2, 0.25) is 0 Å². The summed E-state index contributed by atoms with van der Waals surface area (Å²) in [5.74, 6) is 0.109. The number of halogens is 1. The fraction of sp³-hybridized carbons (Fsp3) is 0.400. The quantitative estimate of drug-likeness (QED) is 0.940. The monoisotopic (exact) mass is 288 g/mol. The first-order valence-corrected chi connectivity index (χ1v) is 7.12. The highest BCUT2D eigenvalue weighted by Gasteiger charge is 2.25. The molecule has 6 heteroatoms. The number of likely N-dealkylation sites (tertiary alicyclic amines) is 1. The van der Waals surface area contributed by atoms with Gasteiger partial charge in [0.15, 0.2) is 5.69 Å². The molecule has 2 heterocycles. The van der Waals surface area contributed by atoms with Crippen LogP contribution in [0, 0.1) is 11.7 Å². The van der Waals surface area contributed by atoms with Gasteiger partial charge in [0, 0.05) is 13.1 Å². The van der Waals surface area contributed by atoms with Crippen molar-refractivity contribution >= 4 is 5.91 Å². The van der Waals surface area contributed by atoms with Gasteiger partial charge in [-0.2, -0.15) is 15.4 Å². The fourth-order valence-electron chi connectivity index (χ4n) is 2.84. The minimum atomic E-state index is -0.217. The molecule has 1 aromatic heterocycles. The van der Waals surface area contributed by atoms with Crippen molar-refractivity contribution < 1.29 is 9.18 Å². The van der Waals surface area contributed by atoms with E-state index in [4.69, 9.17) is 0 Å². The third kappa shape index (κ3) is 3.26. The largest absolute Gasteiger partial charge is 0.337 e. The molecule has 1 aliphatic heterocycles. The lowest BCUT2D eigenvalue weighted by Crippen LogP contribution is -2.40. The molecule has 1 N–H and O–H groups in total. The molecule has 3 rings (SSSR count). The van der Waals surface area contributed by atoms with Crippen LogP contribution in [-0.2, 0) is 6.42 Å². The summed E-state index contributed by atoms with van der Waals surface area (Å²) in [5.41, 5.74) is 1.47. The molecule has 0 saturated carbocycles. The maximum atomic E-state index is 12.9. The summed E-state index contributed by atoms with van der Waals surface area (Å²) in [5, 5.41) is 9.98. The Bertz CT molecular complexity index is 597. The van der Waals surface area contributed by atoms with Crippen molar-refractivity contribution in [1.82, 2.24) is 20.3 Å². The van der Waals surface area contributed by atoms with E-state index in [1.54, 1.807) is 0 Å². The summed E-state index contributed by atoms with van der Waals surface area (Å²) < 4.78 is 12.9. The Morgan fingerprint density at radius 3 is 2.90 bits per heavy atom. The second-order valence-electron chi connectivity index (χ2n) is 5.45. The number of carbonyl (C=O) groups excluding carboxylic acids is 1. The highest BCUT2D eigenvalue weighted by molar-refractivity contribution is 5.91. The van der Waals surface area contributed by atoms with Gasteiger partial charge in [-0.25, -0.2) is 4.39 Å². The number of amides is 1. The first kappa shape index (κ1) is 13.7. The Morgan fingerprint density at radius 1 is 1.38 bits per heavy atom. The molecule has 5 nitrogen and oxygen atoms in total. The Morgan fingerprint density at radius 2 is 2.19 bits per heavy atom. The van der Waals surface area contributed by atoms with Gasteiger partial charge in [-0.15, -0.1) is 0 Å². The maximum absolute atomic E-state index is 12.9. The molecule has 1 aromatic carbocycles. The lowest BCUT2D eigenvalue weighted by atomic mass is 9.91. The number of hydrogen-bond donors (Lipinski definition) is 1. The molecule has 1 unspecified atom stereocenters. The molecule has 0 radical (unpaired) electrons. The number of carbonyl (C=O) groups is 1. The zero-order chi connectivity index (χ0) is 14.7. The number of rotatable bonds is 3. The summed E-state index contributed by atoms with van der Waals surface area (Å²) in [6.45, 7) is 1.47. The third-order valence-electron chi connectivity index (χ3n) is 3.88. The van der Waals surface area contributed by atoms with Gasteiger partial charge < -0.3 is 4.90 Å². The summed E-state index contributed by atoms with van der Waals surface area (Å²) in [7, 11) is 0. The Kier molecular flexibility index (Phi) is 3.94. The molecule has 1 aliphatic rings. The number of H-pyrrole nitrogens is 1. The van der Waals surface area contributed by atoms with E-state index in [0.717, 1.165) is 31.4 Å². The van der Waals surface area contributed by atoms with E-state index in [1.807, 2.05) is 17.0 Å². The molecule has 1 amide bonds. The van der Waals surface area contributed by atoms with Crippen molar-refractivity contribution in [2.24, 2.45) is 5.92 Å². The van der Waals surface area contributed by atoms with Crippen LogP contribution in [0.4, 0.5) is 4.39 Å². The van der Waals surface area contributed by atoms with Gasteiger partial charge in [-0.3, -0.25) is 4.79 Å². The topological polar surface area (TPSA) is 61.9 Å². The third-order valence-corrected chi connectivity index (χ3v) is 3.88. The summed E-state index contributed by atoms with van der Waals surface area (Å²) in [6.07, 6.45) is 4.38. The number of nitrogens with zero attached hydrogens (tertiary/aromatic N) is 3. The highest BCUT2D eigenvalue weighted by Crippen LogP contribution is 2.22. The summed E-state index contributed by atoms with van der Waals surface area (Å²) in [4.78, 5) is 14.1. The van der Waals surface area contributed by atoms with Crippen LogP contribution in [0.5, 0.6) is 0 Å². The van der Waals surface area contributed by atoms with Gasteiger partial charge in [0.1, 0.15) is 5.82 Å². The van der Waals surface area contributed by atoms with Crippen LogP contribution in [-0.4, -0.2) is 39.3 Å². The lowest BCUT2D eigenvalue weighted by molar-refractivity contribution is 0.0667. The molecule has 110 valence electrons. The van der Waals surface area contributed by atoms with Gasteiger partial charge in [0.25, 0.3) is 5.91 Å². The molecule has 2 aromatic rings. The van der Waals surface area contributed by atoms with Crippen LogP contribution in [0.25, 0.3) is 0 Å². The van der Waals surface area contributed by atoms with Gasteiger partial charge in [0.05, 0.1) is 6.20 Å². The zero-order valence-electron chi connectivity index (χ0n) is 11.6. The van der Waals surface area contributed by atoms with Crippen molar-refractivity contribution in [3.8, 4) is 0 Å². The van der Waals surface area contributed by atoms with Crippen molar-refractivity contribution in [1.29, 1.82) is 0 Å². The lowest BCUT2D eigenvalue weighted by Gasteiger charge is -2.32. The number of hydrogen-bond acceptors (Lipinski definition) is 3. The van der Waals surface area contributed by atoms with E-state index in [-0.39, 0.29) is 11.7 Å². The molecular formula is C15H17FN4O. The van der Waals surface area contributed by atoms with E-state index in [1.165, 1.54) is 18.3 Å². The van der Waals surface area contributed by atoms with E-state index in [0.29, 0.717) is 18.2 Å². The van der Waals surface area contributed by atoms with Crippen molar-refractivity contribution in [3.63, 3.8) is 0 Å². The van der Waals surface area contributed by atoms with Crippen LogP contribution in [0.1, 0.15) is 28.9 Å².